The topological polar surface area (TPSA) is 79.5 Å². The third kappa shape index (κ3) is 2.36. The van der Waals surface area contributed by atoms with Gasteiger partial charge in [0, 0.05) is 16.7 Å². The van der Waals surface area contributed by atoms with Gasteiger partial charge < -0.3 is 14.8 Å². The monoisotopic (exact) mass is 339 g/mol. The first-order valence-electron chi connectivity index (χ1n) is 6.76. The minimum Gasteiger partial charge on any atom is -0.479 e. The molecule has 1 unspecified atom stereocenters. The van der Waals surface area contributed by atoms with Crippen molar-refractivity contribution >= 4 is 46.2 Å². The lowest BCUT2D eigenvalue weighted by Gasteiger charge is -2.24. The Morgan fingerprint density at radius 1 is 1.45 bits per heavy atom. The fourth-order valence-corrected chi connectivity index (χ4v) is 4.12. The van der Waals surface area contributed by atoms with Gasteiger partial charge in [-0.15, -0.1) is 0 Å². The predicted octanol–water partition coefficient (Wildman–Crippen LogP) is 3.08. The van der Waals surface area contributed by atoms with Crippen LogP contribution in [0.3, 0.4) is 0 Å². The molecule has 1 aromatic carbocycles. The summed E-state index contributed by atoms with van der Waals surface area (Å²) in [7, 11) is 0. The highest BCUT2D eigenvalue weighted by Crippen LogP contribution is 2.32. The zero-order valence-electron chi connectivity index (χ0n) is 11.8. The number of aryl methyl sites for hydroxylation is 1. The summed E-state index contributed by atoms with van der Waals surface area (Å²) in [6.07, 6.45) is 0.402. The number of carboxylic acid groups (broad SMARTS) is 1. The molecule has 1 aromatic heterocycles. The number of carbonyl (C=O) groups excluding carboxylic acids is 1. The van der Waals surface area contributed by atoms with Gasteiger partial charge >= 0.3 is 5.97 Å². The van der Waals surface area contributed by atoms with Crippen molar-refractivity contribution in [1.82, 2.24) is 5.32 Å². The van der Waals surface area contributed by atoms with Gasteiger partial charge in [-0.2, -0.15) is 11.8 Å². The van der Waals surface area contributed by atoms with E-state index in [-0.39, 0.29) is 5.76 Å². The highest BCUT2D eigenvalue weighted by atomic mass is 35.5. The van der Waals surface area contributed by atoms with Crippen LogP contribution in [0.5, 0.6) is 0 Å². The molecular formula is C15H14ClNO4S. The molecule has 2 N–H and O–H groups in total. The van der Waals surface area contributed by atoms with Gasteiger partial charge in [0.25, 0.3) is 5.91 Å². The first-order chi connectivity index (χ1) is 10.4. The fraction of sp³-hybridized carbons (Fsp3) is 0.333. The second-order valence-corrected chi connectivity index (χ2v) is 6.83. The van der Waals surface area contributed by atoms with Crippen molar-refractivity contribution < 1.29 is 19.1 Å². The van der Waals surface area contributed by atoms with Crippen LogP contribution in [0, 0.1) is 6.92 Å². The van der Waals surface area contributed by atoms with E-state index in [4.69, 9.17) is 16.0 Å². The van der Waals surface area contributed by atoms with Crippen molar-refractivity contribution in [3.63, 3.8) is 0 Å². The number of benzene rings is 1. The standard InChI is InChI=1S/C15H14ClNO4S/c1-8-9-3-2-4-10(16)12(9)21-11(8)13(18)17-15(14(19)20)5-6-22-7-15/h2-4H,5-7H2,1H3,(H,17,18)(H,19,20). The Bertz CT molecular complexity index is 764. The number of carboxylic acids is 1. The minimum absolute atomic E-state index is 0.112. The highest BCUT2D eigenvalue weighted by Gasteiger charge is 2.44. The number of furan rings is 1. The van der Waals surface area contributed by atoms with Gasteiger partial charge in [-0.05, 0) is 25.2 Å². The lowest BCUT2D eigenvalue weighted by Crippen LogP contribution is -2.54. The number of carbonyl (C=O) groups is 2. The Kier molecular flexibility index (Phi) is 3.82. The van der Waals surface area contributed by atoms with Crippen LogP contribution in [0.2, 0.25) is 5.02 Å². The third-order valence-corrected chi connectivity index (χ3v) is 5.39. The lowest BCUT2D eigenvalue weighted by molar-refractivity contribution is -0.143. The van der Waals surface area contributed by atoms with E-state index < -0.39 is 17.4 Å². The van der Waals surface area contributed by atoms with Crippen LogP contribution in [-0.4, -0.2) is 34.0 Å². The van der Waals surface area contributed by atoms with Gasteiger partial charge in [0.15, 0.2) is 11.3 Å². The molecule has 1 fully saturated rings. The summed E-state index contributed by atoms with van der Waals surface area (Å²) in [5.74, 6) is -0.362. The van der Waals surface area contributed by atoms with Crippen molar-refractivity contribution in [3.8, 4) is 0 Å². The molecule has 0 aliphatic carbocycles. The van der Waals surface area contributed by atoms with E-state index in [1.807, 2.05) is 6.07 Å². The van der Waals surface area contributed by atoms with Crippen molar-refractivity contribution in [2.24, 2.45) is 0 Å². The number of nitrogens with one attached hydrogen (secondary N) is 1. The number of para-hydroxylation sites is 1. The smallest absolute Gasteiger partial charge is 0.330 e. The third-order valence-electron chi connectivity index (χ3n) is 3.91. The molecule has 0 spiro atoms. The van der Waals surface area contributed by atoms with Gasteiger partial charge in [0.05, 0.1) is 5.02 Å². The average molecular weight is 340 g/mol. The zero-order valence-corrected chi connectivity index (χ0v) is 13.4. The van der Waals surface area contributed by atoms with E-state index in [0.717, 1.165) is 5.39 Å². The van der Waals surface area contributed by atoms with E-state index in [1.165, 1.54) is 11.8 Å². The maximum Gasteiger partial charge on any atom is 0.330 e. The maximum absolute atomic E-state index is 12.5. The molecule has 1 atom stereocenters. The number of fused-ring (bicyclic) bond motifs is 1. The quantitative estimate of drug-likeness (QED) is 0.898. The molecule has 2 heterocycles. The first kappa shape index (κ1) is 15.2. The Morgan fingerprint density at radius 2 is 2.23 bits per heavy atom. The van der Waals surface area contributed by atoms with Gasteiger partial charge in [-0.25, -0.2) is 4.79 Å². The molecule has 22 heavy (non-hydrogen) atoms. The first-order valence-corrected chi connectivity index (χ1v) is 8.29. The molecule has 0 radical (unpaired) electrons. The minimum atomic E-state index is -1.23. The SMILES string of the molecule is Cc1c(C(=O)NC2(C(=O)O)CCSC2)oc2c(Cl)cccc12. The number of halogens is 1. The van der Waals surface area contributed by atoms with E-state index in [9.17, 15) is 14.7 Å². The molecule has 116 valence electrons. The number of amides is 1. The molecule has 2 aromatic rings. The zero-order chi connectivity index (χ0) is 15.9. The van der Waals surface area contributed by atoms with Crippen molar-refractivity contribution in [3.05, 3.63) is 34.5 Å². The van der Waals surface area contributed by atoms with E-state index >= 15 is 0 Å². The Labute approximate surface area is 136 Å². The normalized spacial score (nSPS) is 21.2. The van der Waals surface area contributed by atoms with Gasteiger partial charge in [-0.1, -0.05) is 23.7 Å². The molecule has 1 aliphatic rings. The van der Waals surface area contributed by atoms with Gasteiger partial charge in [-0.3, -0.25) is 4.79 Å². The summed E-state index contributed by atoms with van der Waals surface area (Å²) in [6, 6.07) is 5.28. The molecule has 1 aliphatic heterocycles. The second-order valence-electron chi connectivity index (χ2n) is 5.32. The summed E-state index contributed by atoms with van der Waals surface area (Å²) in [4.78, 5) is 24.0. The molecule has 5 nitrogen and oxygen atoms in total. The van der Waals surface area contributed by atoms with E-state index in [2.05, 4.69) is 5.32 Å². The summed E-state index contributed by atoms with van der Waals surface area (Å²) in [5, 5.41) is 13.2. The summed E-state index contributed by atoms with van der Waals surface area (Å²) in [5.41, 5.74) is -0.130. The van der Waals surface area contributed by atoms with Crippen LogP contribution in [0.15, 0.2) is 22.6 Å². The van der Waals surface area contributed by atoms with E-state index in [1.54, 1.807) is 19.1 Å². The average Bonchev–Trinajstić information content (AvgIpc) is 3.06. The number of thioether (sulfide) groups is 1. The van der Waals surface area contributed by atoms with Gasteiger partial charge in [0.2, 0.25) is 0 Å². The highest BCUT2D eigenvalue weighted by molar-refractivity contribution is 7.99. The maximum atomic E-state index is 12.5. The molecule has 0 saturated carbocycles. The number of rotatable bonds is 3. The summed E-state index contributed by atoms with van der Waals surface area (Å²) >= 11 is 7.58. The Morgan fingerprint density at radius 3 is 2.82 bits per heavy atom. The molecule has 0 bridgehead atoms. The van der Waals surface area contributed by atoms with Crippen LogP contribution in [-0.2, 0) is 4.79 Å². The molecule has 1 amide bonds. The lowest BCUT2D eigenvalue weighted by atomic mass is 9.99. The second kappa shape index (κ2) is 5.52. The van der Waals surface area contributed by atoms with Crippen LogP contribution in [0.1, 0.15) is 22.5 Å². The predicted molar refractivity (Wildman–Crippen MR) is 85.7 cm³/mol. The van der Waals surface area contributed by atoms with Crippen molar-refractivity contribution in [1.29, 1.82) is 0 Å². The van der Waals surface area contributed by atoms with Crippen molar-refractivity contribution in [2.45, 2.75) is 18.9 Å². The van der Waals surface area contributed by atoms with Crippen LogP contribution in [0.4, 0.5) is 0 Å². The van der Waals surface area contributed by atoms with Crippen molar-refractivity contribution in [2.75, 3.05) is 11.5 Å². The van der Waals surface area contributed by atoms with Crippen LogP contribution in [0.25, 0.3) is 11.0 Å². The summed E-state index contributed by atoms with van der Waals surface area (Å²) < 4.78 is 5.58. The van der Waals surface area contributed by atoms with Gasteiger partial charge in [0.1, 0.15) is 5.54 Å². The van der Waals surface area contributed by atoms with E-state index in [0.29, 0.717) is 34.1 Å². The molecule has 1 saturated heterocycles. The van der Waals surface area contributed by atoms with Crippen LogP contribution < -0.4 is 5.32 Å². The fourth-order valence-electron chi connectivity index (χ4n) is 2.59. The summed E-state index contributed by atoms with van der Waals surface area (Å²) in [6.45, 7) is 1.76. The number of hydrogen-bond donors (Lipinski definition) is 2. The Balaban J connectivity index is 1.97. The molecule has 3 rings (SSSR count). The molecular weight excluding hydrogens is 326 g/mol. The molecule has 7 heteroatoms. The number of hydrogen-bond acceptors (Lipinski definition) is 4. The van der Waals surface area contributed by atoms with Crippen LogP contribution >= 0.6 is 23.4 Å². The number of aliphatic carboxylic acids is 1. The Hall–Kier alpha value is -1.66. The largest absolute Gasteiger partial charge is 0.479 e.